The van der Waals surface area contributed by atoms with Crippen molar-refractivity contribution in [1.82, 2.24) is 15.2 Å². The van der Waals surface area contributed by atoms with Gasteiger partial charge in [-0.05, 0) is 12.1 Å². The number of aromatic nitrogens is 1. The van der Waals surface area contributed by atoms with Gasteiger partial charge in [-0.1, -0.05) is 0 Å². The highest BCUT2D eigenvalue weighted by Crippen LogP contribution is 2.23. The minimum atomic E-state index is -0.229. The van der Waals surface area contributed by atoms with Gasteiger partial charge in [-0.3, -0.25) is 9.88 Å². The van der Waals surface area contributed by atoms with Crippen LogP contribution < -0.4 is 5.32 Å². The van der Waals surface area contributed by atoms with Crippen molar-refractivity contribution in [2.24, 2.45) is 0 Å². The number of nitrogens with one attached hydrogen (secondary N) is 1. The summed E-state index contributed by atoms with van der Waals surface area (Å²) in [5, 5.41) is 3.36. The average Bonchev–Trinajstić information content (AvgIpc) is 2.49. The van der Waals surface area contributed by atoms with Crippen LogP contribution in [-0.2, 0) is 9.47 Å². The molecule has 0 atom stereocenters. The van der Waals surface area contributed by atoms with Crippen molar-refractivity contribution in [2.75, 3.05) is 39.4 Å². The third-order valence-electron chi connectivity index (χ3n) is 3.53. The fourth-order valence-corrected chi connectivity index (χ4v) is 2.46. The Morgan fingerprint density at radius 2 is 1.78 bits per heavy atom. The van der Waals surface area contributed by atoms with Gasteiger partial charge in [-0.2, -0.15) is 0 Å². The first-order valence-electron chi connectivity index (χ1n) is 6.51. The Balaban J connectivity index is 1.54. The van der Waals surface area contributed by atoms with E-state index in [2.05, 4.69) is 15.2 Å². The van der Waals surface area contributed by atoms with Crippen molar-refractivity contribution in [3.8, 4) is 0 Å². The number of nitrogens with zero attached hydrogens (tertiary/aromatic N) is 2. The summed E-state index contributed by atoms with van der Waals surface area (Å²) >= 11 is 0. The number of hydrogen-bond donors (Lipinski definition) is 1. The largest absolute Gasteiger partial charge is 0.347 e. The van der Waals surface area contributed by atoms with Crippen LogP contribution in [0.3, 0.4) is 0 Å². The quantitative estimate of drug-likeness (QED) is 0.822. The zero-order chi connectivity index (χ0) is 12.2. The van der Waals surface area contributed by atoms with E-state index in [4.69, 9.17) is 9.47 Å². The number of rotatable bonds is 2. The number of hydrogen-bond acceptors (Lipinski definition) is 5. The summed E-state index contributed by atoms with van der Waals surface area (Å²) in [6.07, 6.45) is 3.31. The molecule has 1 aromatic rings. The maximum atomic E-state index is 5.82. The molecule has 0 unspecified atom stereocenters. The molecule has 0 aromatic carbocycles. The third-order valence-corrected chi connectivity index (χ3v) is 3.53. The summed E-state index contributed by atoms with van der Waals surface area (Å²) in [4.78, 5) is 6.45. The lowest BCUT2D eigenvalue weighted by Gasteiger charge is -2.38. The highest BCUT2D eigenvalue weighted by atomic mass is 16.7. The predicted octanol–water partition coefficient (Wildman–Crippen LogP) is 0.401. The second-order valence-electron chi connectivity index (χ2n) is 4.72. The van der Waals surface area contributed by atoms with Crippen molar-refractivity contribution in [3.63, 3.8) is 0 Å². The molecule has 0 aliphatic carbocycles. The van der Waals surface area contributed by atoms with Crippen molar-refractivity contribution >= 4 is 0 Å². The SMILES string of the molecule is c1cc(C2OCC(N3CCNCC3)CO2)ccn1. The average molecular weight is 249 g/mol. The minimum absolute atomic E-state index is 0.229. The molecule has 1 N–H and O–H groups in total. The van der Waals surface area contributed by atoms with Crippen molar-refractivity contribution < 1.29 is 9.47 Å². The molecule has 2 fully saturated rings. The molecule has 5 nitrogen and oxygen atoms in total. The molecule has 1 aromatic heterocycles. The van der Waals surface area contributed by atoms with Gasteiger partial charge < -0.3 is 14.8 Å². The Labute approximate surface area is 107 Å². The summed E-state index contributed by atoms with van der Waals surface area (Å²) in [6, 6.07) is 4.27. The lowest BCUT2D eigenvalue weighted by atomic mass is 10.2. The van der Waals surface area contributed by atoms with Gasteiger partial charge in [0.15, 0.2) is 6.29 Å². The molecular formula is C13H19N3O2. The van der Waals surface area contributed by atoms with Crippen molar-refractivity contribution in [1.29, 1.82) is 0 Å². The Kier molecular flexibility index (Phi) is 3.85. The lowest BCUT2D eigenvalue weighted by Crippen LogP contribution is -2.53. The molecular weight excluding hydrogens is 230 g/mol. The van der Waals surface area contributed by atoms with E-state index >= 15 is 0 Å². The Hall–Kier alpha value is -1.01. The first-order valence-corrected chi connectivity index (χ1v) is 6.51. The molecule has 18 heavy (non-hydrogen) atoms. The van der Waals surface area contributed by atoms with Gasteiger partial charge in [0.05, 0.1) is 19.3 Å². The Morgan fingerprint density at radius 1 is 1.11 bits per heavy atom. The predicted molar refractivity (Wildman–Crippen MR) is 67.1 cm³/mol. The molecule has 2 aliphatic rings. The van der Waals surface area contributed by atoms with Gasteiger partial charge in [-0.15, -0.1) is 0 Å². The van der Waals surface area contributed by atoms with E-state index in [0.29, 0.717) is 6.04 Å². The van der Waals surface area contributed by atoms with E-state index in [1.54, 1.807) is 12.4 Å². The Bertz CT molecular complexity index is 360. The maximum Gasteiger partial charge on any atom is 0.184 e. The van der Waals surface area contributed by atoms with Crippen LogP contribution in [-0.4, -0.2) is 55.3 Å². The van der Waals surface area contributed by atoms with Crippen molar-refractivity contribution in [3.05, 3.63) is 30.1 Å². The van der Waals surface area contributed by atoms with Gasteiger partial charge in [0, 0.05) is 44.1 Å². The van der Waals surface area contributed by atoms with E-state index in [9.17, 15) is 0 Å². The molecule has 2 saturated heterocycles. The maximum absolute atomic E-state index is 5.82. The van der Waals surface area contributed by atoms with Crippen LogP contribution in [0.15, 0.2) is 24.5 Å². The summed E-state index contributed by atoms with van der Waals surface area (Å²) in [7, 11) is 0. The van der Waals surface area contributed by atoms with Crippen LogP contribution in [0.1, 0.15) is 11.9 Å². The van der Waals surface area contributed by atoms with E-state index < -0.39 is 0 Å². The smallest absolute Gasteiger partial charge is 0.184 e. The summed E-state index contributed by atoms with van der Waals surface area (Å²) < 4.78 is 11.6. The second kappa shape index (κ2) is 5.75. The molecule has 3 heterocycles. The normalized spacial score (nSPS) is 30.2. The summed E-state index contributed by atoms with van der Waals surface area (Å²) in [5.41, 5.74) is 1.05. The molecule has 0 amide bonds. The second-order valence-corrected chi connectivity index (χ2v) is 4.72. The monoisotopic (exact) mass is 249 g/mol. The lowest BCUT2D eigenvalue weighted by molar-refractivity contribution is -0.210. The molecule has 5 heteroatoms. The summed E-state index contributed by atoms with van der Waals surface area (Å²) in [5.74, 6) is 0. The van der Waals surface area contributed by atoms with Crippen LogP contribution in [0.5, 0.6) is 0 Å². The number of piperazine rings is 1. The molecule has 98 valence electrons. The van der Waals surface area contributed by atoms with Gasteiger partial charge in [-0.25, -0.2) is 0 Å². The van der Waals surface area contributed by atoms with E-state index in [-0.39, 0.29) is 6.29 Å². The minimum Gasteiger partial charge on any atom is -0.347 e. The third kappa shape index (κ3) is 2.70. The van der Waals surface area contributed by atoms with Crippen LogP contribution >= 0.6 is 0 Å². The van der Waals surface area contributed by atoms with Crippen LogP contribution in [0, 0.1) is 0 Å². The van der Waals surface area contributed by atoms with E-state index in [1.165, 1.54) is 0 Å². The standard InChI is InChI=1S/C13H19N3O2/c1-3-14-4-2-11(1)13-17-9-12(10-18-13)16-7-5-15-6-8-16/h1-4,12-13,15H,5-10H2. The molecule has 0 saturated carbocycles. The molecule has 0 spiro atoms. The number of ether oxygens (including phenoxy) is 2. The zero-order valence-corrected chi connectivity index (χ0v) is 10.4. The fraction of sp³-hybridized carbons (Fsp3) is 0.615. The van der Waals surface area contributed by atoms with Gasteiger partial charge in [0.1, 0.15) is 0 Å². The highest BCUT2D eigenvalue weighted by molar-refractivity contribution is 5.11. The number of pyridine rings is 1. The molecule has 3 rings (SSSR count). The van der Waals surface area contributed by atoms with Gasteiger partial charge in [0.2, 0.25) is 0 Å². The van der Waals surface area contributed by atoms with Crippen LogP contribution in [0.25, 0.3) is 0 Å². The van der Waals surface area contributed by atoms with Crippen LogP contribution in [0.2, 0.25) is 0 Å². The molecule has 0 radical (unpaired) electrons. The zero-order valence-electron chi connectivity index (χ0n) is 10.4. The van der Waals surface area contributed by atoms with Crippen LogP contribution in [0.4, 0.5) is 0 Å². The first kappa shape index (κ1) is 12.0. The topological polar surface area (TPSA) is 46.6 Å². The Morgan fingerprint density at radius 3 is 2.44 bits per heavy atom. The first-order chi connectivity index (χ1) is 8.93. The summed E-state index contributed by atoms with van der Waals surface area (Å²) in [6.45, 7) is 5.77. The molecule has 0 bridgehead atoms. The fourth-order valence-electron chi connectivity index (χ4n) is 2.46. The van der Waals surface area contributed by atoms with Gasteiger partial charge in [0.25, 0.3) is 0 Å². The van der Waals surface area contributed by atoms with E-state index in [1.807, 2.05) is 12.1 Å². The molecule has 2 aliphatic heterocycles. The highest BCUT2D eigenvalue weighted by Gasteiger charge is 2.28. The van der Waals surface area contributed by atoms with Crippen molar-refractivity contribution in [2.45, 2.75) is 12.3 Å². The van der Waals surface area contributed by atoms with Gasteiger partial charge >= 0.3 is 0 Å². The van der Waals surface area contributed by atoms with E-state index in [0.717, 1.165) is 45.0 Å².